The highest BCUT2D eigenvalue weighted by atomic mass is 32.2. The monoisotopic (exact) mass is 394 g/mol. The third kappa shape index (κ3) is 4.51. The van der Waals surface area contributed by atoms with E-state index in [9.17, 15) is 18.0 Å². The molecule has 0 aromatic heterocycles. The van der Waals surface area contributed by atoms with E-state index in [0.717, 1.165) is 17.1 Å². The summed E-state index contributed by atoms with van der Waals surface area (Å²) in [6.07, 6.45) is 1.77. The van der Waals surface area contributed by atoms with E-state index in [-0.39, 0.29) is 22.9 Å². The number of sulfonamides is 1. The van der Waals surface area contributed by atoms with Crippen LogP contribution < -0.4 is 0 Å². The highest BCUT2D eigenvalue weighted by molar-refractivity contribution is 7.90. The molecule has 150 valence electrons. The van der Waals surface area contributed by atoms with Crippen molar-refractivity contribution in [2.24, 2.45) is 11.8 Å². The summed E-state index contributed by atoms with van der Waals surface area (Å²) in [5, 5.41) is 0. The molecular weight excluding hydrogens is 364 g/mol. The third-order valence-corrected chi connectivity index (χ3v) is 6.68. The molecule has 1 aliphatic rings. The minimum Gasteiger partial charge on any atom is -0.339 e. The zero-order valence-corrected chi connectivity index (χ0v) is 17.7. The van der Waals surface area contributed by atoms with Crippen LogP contribution in [0.15, 0.2) is 23.1 Å². The average Bonchev–Trinajstić information content (AvgIpc) is 2.79. The van der Waals surface area contributed by atoms with Crippen molar-refractivity contribution in [3.05, 3.63) is 29.3 Å². The lowest BCUT2D eigenvalue weighted by molar-refractivity contribution is 0.0739. The average molecular weight is 395 g/mol. The summed E-state index contributed by atoms with van der Waals surface area (Å²) in [7, 11) is -3.87. The lowest BCUT2D eigenvalue weighted by Crippen LogP contribution is -2.34. The number of amides is 2. The van der Waals surface area contributed by atoms with Gasteiger partial charge in [0.15, 0.2) is 0 Å². The van der Waals surface area contributed by atoms with Gasteiger partial charge in [-0.3, -0.25) is 9.59 Å². The highest BCUT2D eigenvalue weighted by Gasteiger charge is 2.40. The summed E-state index contributed by atoms with van der Waals surface area (Å²) in [5.41, 5.74) is 0.458. The van der Waals surface area contributed by atoms with E-state index in [1.807, 2.05) is 0 Å². The summed E-state index contributed by atoms with van der Waals surface area (Å²) in [6, 6.07) is 4.38. The first kappa shape index (κ1) is 21.4. The second kappa shape index (κ2) is 8.42. The molecule has 2 rings (SSSR count). The Hall–Kier alpha value is -1.89. The first-order valence-corrected chi connectivity index (χ1v) is 11.0. The van der Waals surface area contributed by atoms with Gasteiger partial charge in [0.05, 0.1) is 5.56 Å². The zero-order chi connectivity index (χ0) is 20.4. The molecule has 0 unspecified atom stereocenters. The van der Waals surface area contributed by atoms with Crippen LogP contribution in [0.1, 0.15) is 68.2 Å². The van der Waals surface area contributed by atoms with E-state index >= 15 is 0 Å². The van der Waals surface area contributed by atoms with Crippen LogP contribution in [0.3, 0.4) is 0 Å². The van der Waals surface area contributed by atoms with Gasteiger partial charge in [0.2, 0.25) is 0 Å². The van der Waals surface area contributed by atoms with Crippen molar-refractivity contribution >= 4 is 21.8 Å². The minimum atomic E-state index is -3.87. The fraction of sp³-hybridized carbons (Fsp3) is 0.600. The lowest BCUT2D eigenvalue weighted by Gasteiger charge is -2.25. The van der Waals surface area contributed by atoms with Crippen molar-refractivity contribution < 1.29 is 18.0 Å². The molecule has 0 bridgehead atoms. The van der Waals surface area contributed by atoms with E-state index in [1.54, 1.807) is 17.9 Å². The summed E-state index contributed by atoms with van der Waals surface area (Å²) in [6.45, 7) is 11.4. The molecule has 7 heteroatoms. The molecule has 27 heavy (non-hydrogen) atoms. The van der Waals surface area contributed by atoms with Crippen LogP contribution in [0.4, 0.5) is 0 Å². The van der Waals surface area contributed by atoms with E-state index in [2.05, 4.69) is 27.7 Å². The Balaban J connectivity index is 2.33. The van der Waals surface area contributed by atoms with Crippen LogP contribution in [0.25, 0.3) is 0 Å². The number of rotatable bonds is 8. The number of carbonyl (C=O) groups excluding carboxylic acids is 2. The Labute approximate surface area is 162 Å². The smallest absolute Gasteiger partial charge is 0.268 e. The SMILES string of the molecule is CCN1C(=O)c2ccc(C(=O)N(CCC(C)C)CCC(C)C)cc2S1(=O)=O. The van der Waals surface area contributed by atoms with Gasteiger partial charge in [-0.1, -0.05) is 27.7 Å². The van der Waals surface area contributed by atoms with Crippen LogP contribution in [0, 0.1) is 11.8 Å². The summed E-state index contributed by atoms with van der Waals surface area (Å²) >= 11 is 0. The Morgan fingerprint density at radius 1 is 1.07 bits per heavy atom. The molecule has 0 N–H and O–H groups in total. The fourth-order valence-corrected chi connectivity index (χ4v) is 4.65. The lowest BCUT2D eigenvalue weighted by atomic mass is 10.1. The van der Waals surface area contributed by atoms with E-state index in [1.165, 1.54) is 12.1 Å². The van der Waals surface area contributed by atoms with Gasteiger partial charge >= 0.3 is 0 Å². The van der Waals surface area contributed by atoms with Crippen molar-refractivity contribution in [3.8, 4) is 0 Å². The molecule has 0 radical (unpaired) electrons. The summed E-state index contributed by atoms with van der Waals surface area (Å²) in [4.78, 5) is 27.0. The molecule has 0 spiro atoms. The quantitative estimate of drug-likeness (QED) is 0.677. The highest BCUT2D eigenvalue weighted by Crippen LogP contribution is 2.31. The molecule has 2 amide bonds. The standard InChI is InChI=1S/C20H30N2O4S/c1-6-22-20(24)17-8-7-16(13-18(17)27(22,25)26)19(23)21(11-9-14(2)3)12-10-15(4)5/h7-8,13-15H,6,9-12H2,1-5H3. The second-order valence-corrected chi connectivity index (χ2v) is 9.67. The Kier molecular flexibility index (Phi) is 6.68. The molecule has 0 saturated carbocycles. The van der Waals surface area contributed by atoms with Crippen molar-refractivity contribution in [3.63, 3.8) is 0 Å². The first-order chi connectivity index (χ1) is 12.6. The molecule has 0 atom stereocenters. The summed E-state index contributed by atoms with van der Waals surface area (Å²) in [5.74, 6) is 0.227. The van der Waals surface area contributed by atoms with Gasteiger partial charge in [-0.05, 0) is 49.8 Å². The zero-order valence-electron chi connectivity index (χ0n) is 16.9. The van der Waals surface area contributed by atoms with E-state index < -0.39 is 15.9 Å². The molecular formula is C20H30N2O4S. The third-order valence-electron chi connectivity index (χ3n) is 4.78. The van der Waals surface area contributed by atoms with E-state index in [4.69, 9.17) is 0 Å². The maximum absolute atomic E-state index is 13.0. The molecule has 0 fully saturated rings. The van der Waals surface area contributed by atoms with Gasteiger partial charge in [0.25, 0.3) is 21.8 Å². The van der Waals surface area contributed by atoms with Gasteiger partial charge in [-0.25, -0.2) is 12.7 Å². The normalized spacial score (nSPS) is 15.5. The van der Waals surface area contributed by atoms with Crippen LogP contribution in [0.2, 0.25) is 0 Å². The number of hydrogen-bond donors (Lipinski definition) is 0. The molecule has 0 aliphatic carbocycles. The number of nitrogens with zero attached hydrogens (tertiary/aromatic N) is 2. The Morgan fingerprint density at radius 3 is 2.11 bits per heavy atom. The number of benzene rings is 1. The number of carbonyl (C=O) groups is 2. The van der Waals surface area contributed by atoms with Crippen molar-refractivity contribution in [1.82, 2.24) is 9.21 Å². The van der Waals surface area contributed by atoms with Gasteiger partial charge in [0, 0.05) is 25.2 Å². The van der Waals surface area contributed by atoms with Crippen LogP contribution in [-0.2, 0) is 10.0 Å². The van der Waals surface area contributed by atoms with Crippen molar-refractivity contribution in [2.45, 2.75) is 52.4 Å². The molecule has 1 aromatic rings. The van der Waals surface area contributed by atoms with Gasteiger partial charge < -0.3 is 4.90 Å². The van der Waals surface area contributed by atoms with Crippen LogP contribution in [-0.4, -0.2) is 49.1 Å². The minimum absolute atomic E-state index is 0.0622. The first-order valence-electron chi connectivity index (χ1n) is 9.60. The van der Waals surface area contributed by atoms with Crippen LogP contribution >= 0.6 is 0 Å². The molecule has 0 saturated heterocycles. The predicted molar refractivity (Wildman–Crippen MR) is 105 cm³/mol. The topological polar surface area (TPSA) is 74.8 Å². The summed E-state index contributed by atoms with van der Waals surface area (Å²) < 4.78 is 26.0. The largest absolute Gasteiger partial charge is 0.339 e. The molecule has 1 heterocycles. The second-order valence-electron chi connectivity index (χ2n) is 7.84. The molecule has 1 aliphatic heterocycles. The van der Waals surface area contributed by atoms with Gasteiger partial charge in [-0.2, -0.15) is 0 Å². The van der Waals surface area contributed by atoms with Crippen molar-refractivity contribution in [1.29, 1.82) is 0 Å². The van der Waals surface area contributed by atoms with Crippen molar-refractivity contribution in [2.75, 3.05) is 19.6 Å². The van der Waals surface area contributed by atoms with E-state index in [0.29, 0.717) is 30.5 Å². The van der Waals surface area contributed by atoms with Gasteiger partial charge in [0.1, 0.15) is 4.90 Å². The maximum atomic E-state index is 13.0. The van der Waals surface area contributed by atoms with Crippen LogP contribution in [0.5, 0.6) is 0 Å². The number of hydrogen-bond acceptors (Lipinski definition) is 4. The Morgan fingerprint density at radius 2 is 1.63 bits per heavy atom. The Bertz CT molecular complexity index is 803. The van der Waals surface area contributed by atoms with Gasteiger partial charge in [-0.15, -0.1) is 0 Å². The number of fused-ring (bicyclic) bond motifs is 1. The maximum Gasteiger partial charge on any atom is 0.268 e. The molecule has 6 nitrogen and oxygen atoms in total. The molecule has 1 aromatic carbocycles. The fourth-order valence-electron chi connectivity index (χ4n) is 3.05. The predicted octanol–water partition coefficient (Wildman–Crippen LogP) is 3.39.